The van der Waals surface area contributed by atoms with Gasteiger partial charge in [0.2, 0.25) is 5.91 Å². The largest absolute Gasteiger partial charge is 0.389 e. The minimum absolute atomic E-state index is 0.0130. The maximum Gasteiger partial charge on any atom is 0.231 e. The molecular weight excluding hydrogens is 204 g/mol. The fraction of sp³-hybridized carbons (Fsp3) is 0.417. The van der Waals surface area contributed by atoms with E-state index < -0.39 is 0 Å². The van der Waals surface area contributed by atoms with E-state index in [1.807, 2.05) is 30.3 Å². The predicted octanol–water partition coefficient (Wildman–Crippen LogP) is -0.0680. The predicted molar refractivity (Wildman–Crippen MR) is 60.8 cm³/mol. The number of carbonyl (C=O) groups is 1. The minimum Gasteiger partial charge on any atom is -0.389 e. The molecule has 1 unspecified atom stereocenters. The second-order valence-corrected chi connectivity index (χ2v) is 4.10. The molecule has 0 aromatic heterocycles. The average Bonchev–Trinajstić information content (AvgIpc) is 2.27. The van der Waals surface area contributed by atoms with Crippen molar-refractivity contribution in [1.29, 1.82) is 0 Å². The second-order valence-electron chi connectivity index (χ2n) is 4.10. The highest BCUT2D eigenvalue weighted by atomic mass is 16.3. The molecule has 0 aliphatic carbocycles. The monoisotopic (exact) mass is 220 g/mol. The first-order chi connectivity index (χ1) is 7.72. The van der Waals surface area contributed by atoms with Crippen molar-refractivity contribution in [3.05, 3.63) is 35.9 Å². The van der Waals surface area contributed by atoms with Crippen LogP contribution < -0.4 is 5.73 Å². The van der Waals surface area contributed by atoms with Crippen LogP contribution in [0.25, 0.3) is 0 Å². The summed E-state index contributed by atoms with van der Waals surface area (Å²) in [5.41, 5.74) is 6.59. The number of nitrogens with two attached hydrogens (primary N) is 1. The van der Waals surface area contributed by atoms with Crippen LogP contribution in [0.15, 0.2) is 30.3 Å². The Morgan fingerprint density at radius 3 is 2.56 bits per heavy atom. The topological polar surface area (TPSA) is 66.6 Å². The van der Waals surface area contributed by atoms with Crippen LogP contribution in [-0.2, 0) is 4.79 Å². The van der Waals surface area contributed by atoms with Gasteiger partial charge in [0.25, 0.3) is 0 Å². The molecular formula is C12H16N2O2. The van der Waals surface area contributed by atoms with Crippen molar-refractivity contribution < 1.29 is 9.90 Å². The third-order valence-corrected chi connectivity index (χ3v) is 2.91. The lowest BCUT2D eigenvalue weighted by Gasteiger charge is -2.38. The van der Waals surface area contributed by atoms with Crippen LogP contribution in [0.3, 0.4) is 0 Å². The van der Waals surface area contributed by atoms with Gasteiger partial charge in [-0.1, -0.05) is 30.3 Å². The zero-order chi connectivity index (χ0) is 11.5. The van der Waals surface area contributed by atoms with Crippen LogP contribution in [0.5, 0.6) is 0 Å². The van der Waals surface area contributed by atoms with Crippen molar-refractivity contribution >= 4 is 5.91 Å². The molecule has 4 nitrogen and oxygen atoms in total. The molecule has 1 aliphatic rings. The summed E-state index contributed by atoms with van der Waals surface area (Å²) in [5.74, 6) is -0.271. The Kier molecular flexibility index (Phi) is 3.22. The van der Waals surface area contributed by atoms with Gasteiger partial charge in [0, 0.05) is 19.6 Å². The summed E-state index contributed by atoms with van der Waals surface area (Å²) in [4.78, 5) is 13.7. The molecule has 3 N–H and O–H groups in total. The zero-order valence-corrected chi connectivity index (χ0v) is 9.04. The molecule has 1 amide bonds. The lowest BCUT2D eigenvalue weighted by molar-refractivity contribution is -0.142. The SMILES string of the molecule is NCC(C(=O)N1CC(O)C1)c1ccccc1. The summed E-state index contributed by atoms with van der Waals surface area (Å²) in [7, 11) is 0. The van der Waals surface area contributed by atoms with Gasteiger partial charge in [-0.3, -0.25) is 4.79 Å². The number of carbonyl (C=O) groups excluding carboxylic acids is 1. The van der Waals surface area contributed by atoms with Gasteiger partial charge in [0.05, 0.1) is 12.0 Å². The lowest BCUT2D eigenvalue weighted by Crippen LogP contribution is -2.55. The molecule has 0 spiro atoms. The Hall–Kier alpha value is -1.39. The van der Waals surface area contributed by atoms with E-state index in [4.69, 9.17) is 10.8 Å². The van der Waals surface area contributed by atoms with E-state index in [1.165, 1.54) is 0 Å². The molecule has 1 saturated heterocycles. The van der Waals surface area contributed by atoms with E-state index in [-0.39, 0.29) is 17.9 Å². The summed E-state index contributed by atoms with van der Waals surface area (Å²) in [6, 6.07) is 9.53. The van der Waals surface area contributed by atoms with Gasteiger partial charge in [0.15, 0.2) is 0 Å². The highest BCUT2D eigenvalue weighted by molar-refractivity contribution is 5.84. The molecule has 1 fully saturated rings. The van der Waals surface area contributed by atoms with Crippen molar-refractivity contribution in [3.63, 3.8) is 0 Å². The number of benzene rings is 1. The van der Waals surface area contributed by atoms with Crippen molar-refractivity contribution in [2.45, 2.75) is 12.0 Å². The van der Waals surface area contributed by atoms with Gasteiger partial charge in [-0.05, 0) is 5.56 Å². The molecule has 4 heteroatoms. The number of rotatable bonds is 3. The van der Waals surface area contributed by atoms with Crippen molar-refractivity contribution in [1.82, 2.24) is 4.90 Å². The highest BCUT2D eigenvalue weighted by Crippen LogP contribution is 2.20. The summed E-state index contributed by atoms with van der Waals surface area (Å²) < 4.78 is 0. The molecule has 0 radical (unpaired) electrons. The van der Waals surface area contributed by atoms with E-state index in [2.05, 4.69) is 0 Å². The quantitative estimate of drug-likeness (QED) is 0.749. The van der Waals surface area contributed by atoms with Crippen molar-refractivity contribution in [2.75, 3.05) is 19.6 Å². The molecule has 1 atom stereocenters. The van der Waals surface area contributed by atoms with Crippen LogP contribution >= 0.6 is 0 Å². The first-order valence-corrected chi connectivity index (χ1v) is 5.44. The number of hydrogen-bond donors (Lipinski definition) is 2. The maximum absolute atomic E-state index is 12.0. The molecule has 1 aromatic carbocycles. The number of hydrogen-bond acceptors (Lipinski definition) is 3. The molecule has 0 saturated carbocycles. The minimum atomic E-state index is -0.363. The first kappa shape index (κ1) is 11.1. The Morgan fingerprint density at radius 2 is 2.06 bits per heavy atom. The van der Waals surface area contributed by atoms with Gasteiger partial charge < -0.3 is 15.7 Å². The number of aliphatic hydroxyl groups excluding tert-OH is 1. The van der Waals surface area contributed by atoms with Crippen molar-refractivity contribution in [2.24, 2.45) is 5.73 Å². The van der Waals surface area contributed by atoms with E-state index in [0.29, 0.717) is 19.6 Å². The third-order valence-electron chi connectivity index (χ3n) is 2.91. The maximum atomic E-state index is 12.0. The summed E-state index contributed by atoms with van der Waals surface area (Å²) in [6.45, 7) is 1.17. The number of amides is 1. The first-order valence-electron chi connectivity index (χ1n) is 5.44. The van der Waals surface area contributed by atoms with E-state index >= 15 is 0 Å². The summed E-state index contributed by atoms with van der Waals surface area (Å²) in [6.07, 6.45) is -0.363. The van der Waals surface area contributed by atoms with Crippen LogP contribution in [0.1, 0.15) is 11.5 Å². The van der Waals surface area contributed by atoms with E-state index in [9.17, 15) is 4.79 Å². The van der Waals surface area contributed by atoms with Gasteiger partial charge in [-0.2, -0.15) is 0 Å². The third kappa shape index (κ3) is 2.08. The molecule has 16 heavy (non-hydrogen) atoms. The standard InChI is InChI=1S/C12H16N2O2/c13-6-11(9-4-2-1-3-5-9)12(16)14-7-10(15)8-14/h1-5,10-11,15H,6-8,13H2. The van der Waals surface area contributed by atoms with Gasteiger partial charge in [-0.15, -0.1) is 0 Å². The molecule has 1 aliphatic heterocycles. The second kappa shape index (κ2) is 4.63. The number of nitrogens with zero attached hydrogens (tertiary/aromatic N) is 1. The van der Waals surface area contributed by atoms with E-state index in [1.54, 1.807) is 4.90 Å². The Morgan fingerprint density at radius 1 is 1.44 bits per heavy atom. The Balaban J connectivity index is 2.08. The van der Waals surface area contributed by atoms with Crippen LogP contribution in [0.4, 0.5) is 0 Å². The van der Waals surface area contributed by atoms with Gasteiger partial charge in [-0.25, -0.2) is 0 Å². The summed E-state index contributed by atoms with van der Waals surface area (Å²) >= 11 is 0. The molecule has 1 aromatic rings. The molecule has 1 heterocycles. The van der Waals surface area contributed by atoms with Crippen LogP contribution in [0.2, 0.25) is 0 Å². The molecule has 86 valence electrons. The van der Waals surface area contributed by atoms with Crippen LogP contribution in [-0.4, -0.2) is 41.7 Å². The fourth-order valence-electron chi connectivity index (χ4n) is 1.92. The normalized spacial score (nSPS) is 18.0. The lowest BCUT2D eigenvalue weighted by atomic mass is 9.96. The Labute approximate surface area is 94.7 Å². The van der Waals surface area contributed by atoms with Crippen molar-refractivity contribution in [3.8, 4) is 0 Å². The fourth-order valence-corrected chi connectivity index (χ4v) is 1.92. The average molecular weight is 220 g/mol. The number of aliphatic hydroxyl groups is 1. The van der Waals surface area contributed by atoms with Gasteiger partial charge >= 0.3 is 0 Å². The summed E-state index contributed by atoms with van der Waals surface area (Å²) in [5, 5.41) is 9.17. The van der Waals surface area contributed by atoms with Crippen LogP contribution in [0, 0.1) is 0 Å². The molecule has 2 rings (SSSR count). The zero-order valence-electron chi connectivity index (χ0n) is 9.04. The van der Waals surface area contributed by atoms with E-state index in [0.717, 1.165) is 5.56 Å². The highest BCUT2D eigenvalue weighted by Gasteiger charge is 2.33. The smallest absolute Gasteiger partial charge is 0.231 e. The Bertz CT molecular complexity index is 361. The van der Waals surface area contributed by atoms with Gasteiger partial charge in [0.1, 0.15) is 0 Å². The number of β-amino-alcohol motifs (C(OH)–C–C–N with tert-alkyl or cyclic N) is 1. The molecule has 0 bridgehead atoms. The number of likely N-dealkylation sites (tertiary alicyclic amines) is 1.